The smallest absolute Gasteiger partial charge is 0.410 e. The molecule has 0 bridgehead atoms. The largest absolute Gasteiger partial charge is 0.444 e. The van der Waals surface area contributed by atoms with Gasteiger partial charge in [-0.15, -0.1) is 0 Å². The van der Waals surface area contributed by atoms with Gasteiger partial charge in [-0.05, 0) is 63.9 Å². The maximum Gasteiger partial charge on any atom is 0.410 e. The Kier molecular flexibility index (Phi) is 4.71. The molecule has 0 spiro atoms. The lowest BCUT2D eigenvalue weighted by atomic mass is 10.1. The van der Waals surface area contributed by atoms with Crippen LogP contribution in [-0.4, -0.2) is 33.1 Å². The van der Waals surface area contributed by atoms with E-state index in [4.69, 9.17) is 14.4 Å². The number of nitriles is 1. The summed E-state index contributed by atoms with van der Waals surface area (Å²) in [5.74, 6) is 0.513. The average molecular weight is 390 g/mol. The topological polar surface area (TPSA) is 92.2 Å². The molecule has 7 heteroatoms. The van der Waals surface area contributed by atoms with Crippen LogP contribution in [-0.2, 0) is 4.74 Å². The van der Waals surface area contributed by atoms with E-state index in [1.165, 1.54) is 0 Å². The van der Waals surface area contributed by atoms with E-state index in [0.29, 0.717) is 34.9 Å². The van der Waals surface area contributed by atoms with Crippen LogP contribution < -0.4 is 0 Å². The summed E-state index contributed by atoms with van der Waals surface area (Å²) in [6, 6.07) is 12.8. The van der Waals surface area contributed by atoms with Crippen LogP contribution in [0.15, 0.2) is 40.8 Å². The first kappa shape index (κ1) is 18.9. The number of carbonyl (C=O) groups is 1. The second-order valence-corrected chi connectivity index (χ2v) is 8.09. The Morgan fingerprint density at radius 2 is 2.10 bits per heavy atom. The van der Waals surface area contributed by atoms with Crippen molar-refractivity contribution in [1.29, 1.82) is 5.26 Å². The van der Waals surface area contributed by atoms with Crippen LogP contribution in [0.3, 0.4) is 0 Å². The van der Waals surface area contributed by atoms with Crippen molar-refractivity contribution >= 4 is 17.2 Å². The number of ether oxygens (including phenoxy) is 1. The molecule has 1 aliphatic heterocycles. The fourth-order valence-electron chi connectivity index (χ4n) is 3.47. The number of fused-ring (bicyclic) bond motifs is 1. The lowest BCUT2D eigenvalue weighted by Crippen LogP contribution is -2.36. The highest BCUT2D eigenvalue weighted by molar-refractivity contribution is 5.79. The van der Waals surface area contributed by atoms with Gasteiger partial charge in [0.05, 0.1) is 5.69 Å². The molecule has 148 valence electrons. The molecule has 0 aliphatic carbocycles. The van der Waals surface area contributed by atoms with Crippen molar-refractivity contribution in [3.8, 4) is 17.3 Å². The number of benzene rings is 1. The highest BCUT2D eigenvalue weighted by Gasteiger charge is 2.36. The van der Waals surface area contributed by atoms with Gasteiger partial charge in [-0.3, -0.25) is 4.90 Å². The monoisotopic (exact) mass is 390 g/mol. The third-order valence-electron chi connectivity index (χ3n) is 4.73. The second kappa shape index (κ2) is 7.21. The lowest BCUT2D eigenvalue weighted by Gasteiger charge is -2.27. The first-order chi connectivity index (χ1) is 13.8. The fraction of sp³-hybridized carbons (Fsp3) is 0.364. The number of rotatable bonds is 2. The second-order valence-electron chi connectivity index (χ2n) is 8.09. The summed E-state index contributed by atoms with van der Waals surface area (Å²) in [6.07, 6.45) is 1.31. The van der Waals surface area contributed by atoms with Crippen molar-refractivity contribution in [2.24, 2.45) is 0 Å². The Hall–Kier alpha value is -3.40. The predicted octanol–water partition coefficient (Wildman–Crippen LogP) is 4.83. The molecule has 1 aromatic carbocycles. The van der Waals surface area contributed by atoms with E-state index in [1.54, 1.807) is 17.0 Å². The van der Waals surface area contributed by atoms with E-state index in [0.717, 1.165) is 18.4 Å². The Balaban J connectivity index is 1.63. The van der Waals surface area contributed by atoms with Gasteiger partial charge in [0.15, 0.2) is 5.58 Å². The molecule has 1 amide bonds. The molecule has 0 unspecified atom stereocenters. The molecule has 1 fully saturated rings. The van der Waals surface area contributed by atoms with Gasteiger partial charge in [-0.2, -0.15) is 5.26 Å². The van der Waals surface area contributed by atoms with Crippen LogP contribution in [0.2, 0.25) is 0 Å². The molecule has 1 saturated heterocycles. The first-order valence-corrected chi connectivity index (χ1v) is 9.62. The van der Waals surface area contributed by atoms with Crippen molar-refractivity contribution in [3.05, 3.63) is 48.0 Å². The predicted molar refractivity (Wildman–Crippen MR) is 107 cm³/mol. The van der Waals surface area contributed by atoms with E-state index < -0.39 is 5.60 Å². The molecule has 4 rings (SSSR count). The van der Waals surface area contributed by atoms with Gasteiger partial charge in [-0.1, -0.05) is 6.07 Å². The Morgan fingerprint density at radius 3 is 2.86 bits per heavy atom. The van der Waals surface area contributed by atoms with Crippen LogP contribution in [0.5, 0.6) is 0 Å². The maximum absolute atomic E-state index is 12.6. The number of pyridine rings is 1. The minimum atomic E-state index is -0.550. The van der Waals surface area contributed by atoms with Gasteiger partial charge in [0, 0.05) is 12.1 Å². The number of amides is 1. The Labute approximate surface area is 168 Å². The van der Waals surface area contributed by atoms with Gasteiger partial charge < -0.3 is 9.15 Å². The normalized spacial score (nSPS) is 16.8. The number of oxazole rings is 1. The highest BCUT2D eigenvalue weighted by Crippen LogP contribution is 2.35. The standard InChI is InChI=1S/C22H22N4O3/c1-22(2,3)29-21(27)26-11-5-8-18(26)20-25-17-12-14(9-10-19(17)28-20)16-7-4-6-15(13-23)24-16/h4,6-7,9-10,12,18H,5,8,11H2,1-3H3/t18-/m0/s1. The van der Waals surface area contributed by atoms with E-state index in [-0.39, 0.29) is 12.1 Å². The number of carbonyl (C=O) groups excluding carboxylic acids is 1. The highest BCUT2D eigenvalue weighted by atomic mass is 16.6. The molecule has 2 aromatic heterocycles. The molecule has 1 atom stereocenters. The van der Waals surface area contributed by atoms with Crippen molar-refractivity contribution < 1.29 is 13.9 Å². The number of nitrogens with zero attached hydrogens (tertiary/aromatic N) is 4. The van der Waals surface area contributed by atoms with Crippen LogP contribution in [0.4, 0.5) is 4.79 Å². The summed E-state index contributed by atoms with van der Waals surface area (Å²) >= 11 is 0. The number of aromatic nitrogens is 2. The summed E-state index contributed by atoms with van der Waals surface area (Å²) in [5.41, 5.74) is 2.71. The fourth-order valence-corrected chi connectivity index (χ4v) is 3.47. The van der Waals surface area contributed by atoms with Gasteiger partial charge >= 0.3 is 6.09 Å². The van der Waals surface area contributed by atoms with Crippen molar-refractivity contribution in [3.63, 3.8) is 0 Å². The van der Waals surface area contributed by atoms with Crippen LogP contribution in [0.25, 0.3) is 22.4 Å². The molecular weight excluding hydrogens is 368 g/mol. The van der Waals surface area contributed by atoms with Crippen molar-refractivity contribution in [2.45, 2.75) is 45.3 Å². The summed E-state index contributed by atoms with van der Waals surface area (Å²) in [7, 11) is 0. The van der Waals surface area contributed by atoms with Crippen LogP contribution in [0, 0.1) is 11.3 Å². The third-order valence-corrected chi connectivity index (χ3v) is 4.73. The van der Waals surface area contributed by atoms with Gasteiger partial charge in [-0.25, -0.2) is 14.8 Å². The molecule has 29 heavy (non-hydrogen) atoms. The van der Waals surface area contributed by atoms with E-state index in [2.05, 4.69) is 16.0 Å². The number of likely N-dealkylation sites (tertiary alicyclic amines) is 1. The van der Waals surface area contributed by atoms with Crippen LogP contribution in [0.1, 0.15) is 51.2 Å². The first-order valence-electron chi connectivity index (χ1n) is 9.62. The summed E-state index contributed by atoms with van der Waals surface area (Å²) in [6.45, 7) is 6.18. The summed E-state index contributed by atoms with van der Waals surface area (Å²) < 4.78 is 11.5. The molecule has 0 radical (unpaired) electrons. The number of hydrogen-bond acceptors (Lipinski definition) is 6. The van der Waals surface area contributed by atoms with E-state index in [9.17, 15) is 4.79 Å². The zero-order chi connectivity index (χ0) is 20.6. The molecule has 3 aromatic rings. The maximum atomic E-state index is 12.6. The average Bonchev–Trinajstić information content (AvgIpc) is 3.32. The van der Waals surface area contributed by atoms with Crippen LogP contribution >= 0.6 is 0 Å². The Bertz CT molecular complexity index is 1110. The minimum Gasteiger partial charge on any atom is -0.444 e. The summed E-state index contributed by atoms with van der Waals surface area (Å²) in [4.78, 5) is 23.2. The Morgan fingerprint density at radius 1 is 1.28 bits per heavy atom. The molecular formula is C22H22N4O3. The zero-order valence-electron chi connectivity index (χ0n) is 16.7. The lowest BCUT2D eigenvalue weighted by molar-refractivity contribution is 0.0205. The SMILES string of the molecule is CC(C)(C)OC(=O)N1CCC[C@H]1c1nc2cc(-c3cccc(C#N)n3)ccc2o1. The third kappa shape index (κ3) is 3.92. The van der Waals surface area contributed by atoms with Gasteiger partial charge in [0.2, 0.25) is 5.89 Å². The van der Waals surface area contributed by atoms with E-state index in [1.807, 2.05) is 45.0 Å². The zero-order valence-corrected chi connectivity index (χ0v) is 16.7. The summed E-state index contributed by atoms with van der Waals surface area (Å²) in [5, 5.41) is 9.06. The minimum absolute atomic E-state index is 0.235. The van der Waals surface area contributed by atoms with Gasteiger partial charge in [0.25, 0.3) is 0 Å². The quantitative estimate of drug-likeness (QED) is 0.622. The van der Waals surface area contributed by atoms with E-state index >= 15 is 0 Å². The molecule has 1 aliphatic rings. The molecule has 0 saturated carbocycles. The molecule has 0 N–H and O–H groups in total. The van der Waals surface area contributed by atoms with Gasteiger partial charge in [0.1, 0.15) is 28.9 Å². The molecule has 7 nitrogen and oxygen atoms in total. The molecule has 3 heterocycles. The number of hydrogen-bond donors (Lipinski definition) is 0. The van der Waals surface area contributed by atoms with Crippen molar-refractivity contribution in [2.75, 3.05) is 6.54 Å². The van der Waals surface area contributed by atoms with Crippen molar-refractivity contribution in [1.82, 2.24) is 14.9 Å².